The highest BCUT2D eigenvalue weighted by Gasteiger charge is 2.43. The average Bonchev–Trinajstić information content (AvgIpc) is 2.90. The van der Waals surface area contributed by atoms with Crippen molar-refractivity contribution < 1.29 is 14.0 Å². The van der Waals surface area contributed by atoms with Crippen LogP contribution in [0.2, 0.25) is 18.1 Å². The maximum Gasteiger partial charge on any atom is 0.311 e. The summed E-state index contributed by atoms with van der Waals surface area (Å²) < 4.78 is 11.7. The van der Waals surface area contributed by atoms with Crippen LogP contribution in [0.5, 0.6) is 0 Å². The van der Waals surface area contributed by atoms with Gasteiger partial charge >= 0.3 is 5.97 Å². The van der Waals surface area contributed by atoms with E-state index in [2.05, 4.69) is 32.9 Å². The summed E-state index contributed by atoms with van der Waals surface area (Å²) >= 11 is 0. The van der Waals surface area contributed by atoms with Crippen molar-refractivity contribution in [1.29, 1.82) is 0 Å². The van der Waals surface area contributed by atoms with Gasteiger partial charge in [0.15, 0.2) is 8.32 Å². The predicted molar refractivity (Wildman–Crippen MR) is 86.7 cm³/mol. The third-order valence-corrected chi connectivity index (χ3v) is 9.60. The molecule has 21 heavy (non-hydrogen) atoms. The molecule has 1 aliphatic carbocycles. The zero-order chi connectivity index (χ0) is 15.5. The van der Waals surface area contributed by atoms with E-state index in [4.69, 9.17) is 9.16 Å². The monoisotopic (exact) mass is 306 g/mol. The quantitative estimate of drug-likeness (QED) is 0.586. The number of fused-ring (bicyclic) bond motifs is 1. The molecular weight excluding hydrogens is 280 g/mol. The highest BCUT2D eigenvalue weighted by atomic mass is 28.4. The van der Waals surface area contributed by atoms with Gasteiger partial charge in [0, 0.05) is 0 Å². The summed E-state index contributed by atoms with van der Waals surface area (Å²) in [6.07, 6.45) is 0.606. The first kappa shape index (κ1) is 16.2. The Hall–Kier alpha value is -1.13. The number of carbonyl (C=O) groups is 1. The van der Waals surface area contributed by atoms with Crippen LogP contribution < -0.4 is 0 Å². The highest BCUT2D eigenvalue weighted by molar-refractivity contribution is 6.73. The molecule has 1 aliphatic rings. The molecule has 0 aliphatic heterocycles. The zero-order valence-electron chi connectivity index (χ0n) is 13.5. The number of benzene rings is 1. The molecule has 4 heteroatoms. The van der Waals surface area contributed by atoms with E-state index in [0.717, 1.165) is 24.6 Å². The largest absolute Gasteiger partial charge is 0.469 e. The lowest BCUT2D eigenvalue weighted by molar-refractivity contribution is -0.148. The molecule has 0 bridgehead atoms. The van der Waals surface area contributed by atoms with Crippen LogP contribution in [0.15, 0.2) is 24.3 Å². The standard InChI is InChI=1S/C17H26O3Si/c1-5-21(6-2,7-3)20-16-14-11-9-8-10-13(14)12-15(16)17(18)19-4/h8-11,15-16H,5-7,12H2,1-4H3. The van der Waals surface area contributed by atoms with Gasteiger partial charge in [-0.25, -0.2) is 0 Å². The molecule has 1 aromatic rings. The molecule has 0 saturated heterocycles. The number of ether oxygens (including phenoxy) is 1. The van der Waals surface area contributed by atoms with Gasteiger partial charge in [-0.3, -0.25) is 4.79 Å². The van der Waals surface area contributed by atoms with Crippen LogP contribution in [-0.2, 0) is 20.4 Å². The normalized spacial score (nSPS) is 21.1. The zero-order valence-corrected chi connectivity index (χ0v) is 14.5. The first-order valence-electron chi connectivity index (χ1n) is 7.94. The number of hydrogen-bond donors (Lipinski definition) is 0. The molecule has 0 N–H and O–H groups in total. The van der Waals surface area contributed by atoms with Crippen molar-refractivity contribution in [1.82, 2.24) is 0 Å². The molecule has 116 valence electrons. The Kier molecular flexibility index (Phi) is 5.22. The number of hydrogen-bond acceptors (Lipinski definition) is 3. The molecule has 0 fully saturated rings. The van der Waals surface area contributed by atoms with E-state index in [-0.39, 0.29) is 18.0 Å². The van der Waals surface area contributed by atoms with Gasteiger partial charge in [-0.15, -0.1) is 0 Å². The summed E-state index contributed by atoms with van der Waals surface area (Å²) in [6.45, 7) is 6.65. The van der Waals surface area contributed by atoms with Crippen LogP contribution in [0.25, 0.3) is 0 Å². The average molecular weight is 306 g/mol. The fourth-order valence-electron chi connectivity index (χ4n) is 3.33. The van der Waals surface area contributed by atoms with Crippen LogP contribution in [-0.4, -0.2) is 21.4 Å². The van der Waals surface area contributed by atoms with E-state index in [1.165, 1.54) is 18.2 Å². The van der Waals surface area contributed by atoms with Crippen molar-refractivity contribution in [3.8, 4) is 0 Å². The van der Waals surface area contributed by atoms with Gasteiger partial charge in [0.2, 0.25) is 0 Å². The summed E-state index contributed by atoms with van der Waals surface area (Å²) in [5, 5.41) is 0. The van der Waals surface area contributed by atoms with E-state index in [1.54, 1.807) is 0 Å². The van der Waals surface area contributed by atoms with Gasteiger partial charge in [-0.05, 0) is 35.7 Å². The lowest BCUT2D eigenvalue weighted by Gasteiger charge is -2.34. The predicted octanol–water partition coefficient (Wildman–Crippen LogP) is 4.09. The van der Waals surface area contributed by atoms with E-state index < -0.39 is 8.32 Å². The lowest BCUT2D eigenvalue weighted by Crippen LogP contribution is -2.39. The Morgan fingerprint density at radius 2 is 1.81 bits per heavy atom. The summed E-state index contributed by atoms with van der Waals surface area (Å²) in [4.78, 5) is 12.2. The summed E-state index contributed by atoms with van der Waals surface area (Å²) in [6, 6.07) is 11.5. The molecule has 0 amide bonds. The van der Waals surface area contributed by atoms with Crippen molar-refractivity contribution in [3.63, 3.8) is 0 Å². The second-order valence-electron chi connectivity index (χ2n) is 5.81. The van der Waals surface area contributed by atoms with E-state index in [9.17, 15) is 4.79 Å². The van der Waals surface area contributed by atoms with Crippen LogP contribution in [0.4, 0.5) is 0 Å². The summed E-state index contributed by atoms with van der Waals surface area (Å²) in [5.41, 5.74) is 2.41. The lowest BCUT2D eigenvalue weighted by atomic mass is 10.0. The Labute approximate surface area is 128 Å². The molecular formula is C17H26O3Si. The van der Waals surface area contributed by atoms with Crippen molar-refractivity contribution in [2.24, 2.45) is 5.92 Å². The molecule has 0 spiro atoms. The van der Waals surface area contributed by atoms with Crippen LogP contribution in [0, 0.1) is 5.92 Å². The number of rotatable bonds is 6. The Morgan fingerprint density at radius 3 is 2.38 bits per heavy atom. The van der Waals surface area contributed by atoms with Crippen molar-refractivity contribution in [3.05, 3.63) is 35.4 Å². The van der Waals surface area contributed by atoms with Gasteiger partial charge < -0.3 is 9.16 Å². The second-order valence-corrected chi connectivity index (χ2v) is 10.5. The van der Waals surface area contributed by atoms with Gasteiger partial charge in [0.1, 0.15) is 0 Å². The van der Waals surface area contributed by atoms with Crippen LogP contribution in [0.1, 0.15) is 38.0 Å². The molecule has 2 atom stereocenters. The minimum Gasteiger partial charge on any atom is -0.469 e. The fraction of sp³-hybridized carbons (Fsp3) is 0.588. The topological polar surface area (TPSA) is 35.5 Å². The molecule has 2 unspecified atom stereocenters. The van der Waals surface area contributed by atoms with Crippen molar-refractivity contribution >= 4 is 14.3 Å². The maximum absolute atomic E-state index is 12.2. The first-order valence-corrected chi connectivity index (χ1v) is 10.5. The third-order valence-electron chi connectivity index (χ3n) is 4.98. The first-order chi connectivity index (χ1) is 10.1. The number of carbonyl (C=O) groups excluding carboxylic acids is 1. The van der Waals surface area contributed by atoms with Crippen molar-refractivity contribution in [2.45, 2.75) is 51.4 Å². The number of methoxy groups -OCH3 is 1. The minimum absolute atomic E-state index is 0.125. The summed E-state index contributed by atoms with van der Waals surface area (Å²) in [5.74, 6) is -0.341. The number of esters is 1. The molecule has 1 aromatic carbocycles. The van der Waals surface area contributed by atoms with Crippen molar-refractivity contribution in [2.75, 3.05) is 7.11 Å². The third kappa shape index (κ3) is 3.06. The Balaban J connectivity index is 2.34. The molecule has 0 radical (unpaired) electrons. The van der Waals surface area contributed by atoms with Gasteiger partial charge in [0.25, 0.3) is 0 Å². The SMILES string of the molecule is CC[Si](CC)(CC)OC1c2ccccc2CC1C(=O)OC. The van der Waals surface area contributed by atoms with Crippen LogP contribution >= 0.6 is 0 Å². The Morgan fingerprint density at radius 1 is 1.19 bits per heavy atom. The van der Waals surface area contributed by atoms with Gasteiger partial charge in [-0.1, -0.05) is 45.0 Å². The minimum atomic E-state index is -1.76. The molecule has 0 saturated carbocycles. The smallest absolute Gasteiger partial charge is 0.311 e. The second kappa shape index (κ2) is 6.75. The molecule has 2 rings (SSSR count). The van der Waals surface area contributed by atoms with Crippen LogP contribution in [0.3, 0.4) is 0 Å². The molecule has 3 nitrogen and oxygen atoms in total. The fourth-order valence-corrected chi connectivity index (χ4v) is 6.16. The molecule has 0 aromatic heterocycles. The van der Waals surface area contributed by atoms with Gasteiger partial charge in [-0.2, -0.15) is 0 Å². The Bertz CT molecular complexity index is 488. The van der Waals surface area contributed by atoms with E-state index in [0.29, 0.717) is 0 Å². The van der Waals surface area contributed by atoms with E-state index >= 15 is 0 Å². The van der Waals surface area contributed by atoms with E-state index in [1.807, 2.05) is 12.1 Å². The maximum atomic E-state index is 12.2. The van der Waals surface area contributed by atoms with Gasteiger partial charge in [0.05, 0.1) is 19.1 Å². The highest BCUT2D eigenvalue weighted by Crippen LogP contribution is 2.42. The summed E-state index contributed by atoms with van der Waals surface area (Å²) in [7, 11) is -0.294. The molecule has 0 heterocycles.